The van der Waals surface area contributed by atoms with Crippen molar-refractivity contribution in [1.29, 1.82) is 0 Å². The van der Waals surface area contributed by atoms with Gasteiger partial charge in [0.05, 0.1) is 0 Å². The maximum Gasteiger partial charge on any atom is 0.276 e. The van der Waals surface area contributed by atoms with Crippen molar-refractivity contribution in [2.24, 2.45) is 0 Å². The van der Waals surface area contributed by atoms with Gasteiger partial charge in [-0.15, -0.1) is 0 Å². The highest BCUT2D eigenvalue weighted by molar-refractivity contribution is 6.31. The Balaban J connectivity index is 1.36. The molecule has 3 aromatic carbocycles. The normalized spacial score (nSPS) is 10.6. The molecule has 30 heavy (non-hydrogen) atoms. The van der Waals surface area contributed by atoms with E-state index in [-0.39, 0.29) is 12.6 Å². The lowest BCUT2D eigenvalue weighted by Crippen LogP contribution is -2.14. The maximum atomic E-state index is 12.5. The number of benzene rings is 3. The number of nitrogens with zero attached hydrogens (tertiary/aromatic N) is 2. The number of amides is 1. The summed E-state index contributed by atoms with van der Waals surface area (Å²) in [6.07, 6.45) is 1.70. The predicted molar refractivity (Wildman–Crippen MR) is 119 cm³/mol. The van der Waals surface area contributed by atoms with E-state index in [9.17, 15) is 4.79 Å². The van der Waals surface area contributed by atoms with Gasteiger partial charge in [-0.2, -0.15) is 5.10 Å². The van der Waals surface area contributed by atoms with E-state index in [1.165, 1.54) is 0 Å². The van der Waals surface area contributed by atoms with Crippen LogP contribution in [0.25, 0.3) is 11.1 Å². The second-order valence-corrected chi connectivity index (χ2v) is 7.23. The first-order valence-electron chi connectivity index (χ1n) is 9.48. The Morgan fingerprint density at radius 3 is 2.47 bits per heavy atom. The van der Waals surface area contributed by atoms with E-state index in [1.807, 2.05) is 67.6 Å². The number of nitrogens with one attached hydrogen (secondary N) is 1. The van der Waals surface area contributed by atoms with Gasteiger partial charge in [0, 0.05) is 16.9 Å². The number of aromatic nitrogens is 2. The number of carbonyl (C=O) groups is 1. The molecule has 0 aliphatic rings. The monoisotopic (exact) mass is 417 g/mol. The standard InChI is InChI=1S/C24H20ClN3O2/c1-17-15-21(11-12-22(17)25)30-16-28-14-13-23(27-28)24(29)26-20-9-7-19(8-10-20)18-5-3-2-4-6-18/h2-15H,16H2,1H3,(H,26,29). The molecule has 0 saturated carbocycles. The molecule has 0 bridgehead atoms. The smallest absolute Gasteiger partial charge is 0.276 e. The molecule has 0 aliphatic heterocycles. The Labute approximate surface area is 179 Å². The van der Waals surface area contributed by atoms with Crippen molar-refractivity contribution >= 4 is 23.2 Å². The molecule has 0 saturated heterocycles. The molecule has 5 nitrogen and oxygen atoms in total. The largest absolute Gasteiger partial charge is 0.471 e. The molecule has 0 atom stereocenters. The highest BCUT2D eigenvalue weighted by atomic mass is 35.5. The number of hydrogen-bond acceptors (Lipinski definition) is 3. The summed E-state index contributed by atoms with van der Waals surface area (Å²) in [7, 11) is 0. The van der Waals surface area contributed by atoms with Crippen molar-refractivity contribution in [2.75, 3.05) is 5.32 Å². The molecule has 1 N–H and O–H groups in total. The van der Waals surface area contributed by atoms with Crippen LogP contribution in [0.5, 0.6) is 5.75 Å². The molecule has 1 amide bonds. The van der Waals surface area contributed by atoms with Gasteiger partial charge < -0.3 is 10.1 Å². The number of hydrogen-bond donors (Lipinski definition) is 1. The van der Waals surface area contributed by atoms with Gasteiger partial charge in [0.2, 0.25) is 0 Å². The van der Waals surface area contributed by atoms with Gasteiger partial charge in [0.1, 0.15) is 5.75 Å². The van der Waals surface area contributed by atoms with Crippen LogP contribution < -0.4 is 10.1 Å². The lowest BCUT2D eigenvalue weighted by Gasteiger charge is -2.08. The molecule has 0 spiro atoms. The highest BCUT2D eigenvalue weighted by Crippen LogP contribution is 2.22. The van der Waals surface area contributed by atoms with E-state index < -0.39 is 0 Å². The molecular weight excluding hydrogens is 398 g/mol. The molecule has 0 fully saturated rings. The van der Waals surface area contributed by atoms with Crippen molar-refractivity contribution in [2.45, 2.75) is 13.7 Å². The van der Waals surface area contributed by atoms with Crippen LogP contribution in [0, 0.1) is 6.92 Å². The van der Waals surface area contributed by atoms with Gasteiger partial charge in [-0.05, 0) is 60.0 Å². The lowest BCUT2D eigenvalue weighted by molar-refractivity contribution is 0.102. The summed E-state index contributed by atoms with van der Waals surface area (Å²) in [6, 6.07) is 24.9. The first-order chi connectivity index (χ1) is 14.6. The van der Waals surface area contributed by atoms with Crippen molar-refractivity contribution in [3.63, 3.8) is 0 Å². The topological polar surface area (TPSA) is 56.1 Å². The summed E-state index contributed by atoms with van der Waals surface area (Å²) in [5.74, 6) is 0.417. The van der Waals surface area contributed by atoms with Crippen LogP contribution in [-0.2, 0) is 6.73 Å². The van der Waals surface area contributed by atoms with Crippen LogP contribution in [-0.4, -0.2) is 15.7 Å². The number of rotatable bonds is 6. The Bertz CT molecular complexity index is 1150. The summed E-state index contributed by atoms with van der Waals surface area (Å²) >= 11 is 6.02. The quantitative estimate of drug-likeness (QED) is 0.431. The zero-order valence-electron chi connectivity index (χ0n) is 16.4. The van der Waals surface area contributed by atoms with Crippen LogP contribution in [0.4, 0.5) is 5.69 Å². The van der Waals surface area contributed by atoms with Crippen molar-refractivity contribution in [3.05, 3.63) is 101 Å². The second-order valence-electron chi connectivity index (χ2n) is 6.82. The SMILES string of the molecule is Cc1cc(OCn2ccc(C(=O)Nc3ccc(-c4ccccc4)cc3)n2)ccc1Cl. The Morgan fingerprint density at radius 2 is 1.73 bits per heavy atom. The molecule has 0 radical (unpaired) electrons. The second kappa shape index (κ2) is 8.84. The molecular formula is C24H20ClN3O2. The van der Waals surface area contributed by atoms with E-state index >= 15 is 0 Å². The highest BCUT2D eigenvalue weighted by Gasteiger charge is 2.10. The Morgan fingerprint density at radius 1 is 1.00 bits per heavy atom. The molecule has 4 aromatic rings. The van der Waals surface area contributed by atoms with Crippen LogP contribution in [0.1, 0.15) is 16.1 Å². The number of halogens is 1. The van der Waals surface area contributed by atoms with Gasteiger partial charge in [0.15, 0.2) is 12.4 Å². The van der Waals surface area contributed by atoms with E-state index in [1.54, 1.807) is 29.1 Å². The van der Waals surface area contributed by atoms with Crippen molar-refractivity contribution < 1.29 is 9.53 Å². The predicted octanol–water partition coefficient (Wildman–Crippen LogP) is 5.80. The number of anilines is 1. The molecule has 1 heterocycles. The maximum absolute atomic E-state index is 12.5. The molecule has 150 valence electrons. The van der Waals surface area contributed by atoms with Gasteiger partial charge >= 0.3 is 0 Å². The first kappa shape index (κ1) is 19.7. The summed E-state index contributed by atoms with van der Waals surface area (Å²) in [6.45, 7) is 2.11. The fourth-order valence-corrected chi connectivity index (χ4v) is 3.09. The van der Waals surface area contributed by atoms with E-state index in [2.05, 4.69) is 10.4 Å². The number of ether oxygens (including phenoxy) is 1. The first-order valence-corrected chi connectivity index (χ1v) is 9.85. The van der Waals surface area contributed by atoms with Crippen LogP contribution in [0.2, 0.25) is 5.02 Å². The number of aryl methyl sites for hydroxylation is 1. The minimum absolute atomic E-state index is 0.195. The third kappa shape index (κ3) is 4.70. The number of carbonyl (C=O) groups excluding carboxylic acids is 1. The van der Waals surface area contributed by atoms with Crippen LogP contribution in [0.3, 0.4) is 0 Å². The molecule has 4 rings (SSSR count). The molecule has 6 heteroatoms. The third-order valence-corrected chi connectivity index (χ3v) is 5.04. The van der Waals surface area contributed by atoms with Crippen molar-refractivity contribution in [3.8, 4) is 16.9 Å². The van der Waals surface area contributed by atoms with Gasteiger partial charge in [-0.25, -0.2) is 4.68 Å². The zero-order valence-corrected chi connectivity index (χ0v) is 17.1. The molecule has 0 aliphatic carbocycles. The zero-order chi connectivity index (χ0) is 20.9. The Hall–Kier alpha value is -3.57. The molecule has 0 unspecified atom stereocenters. The minimum atomic E-state index is -0.274. The summed E-state index contributed by atoms with van der Waals surface area (Å²) in [5.41, 5.74) is 4.19. The van der Waals surface area contributed by atoms with E-state index in [0.29, 0.717) is 22.2 Å². The average Bonchev–Trinajstić information content (AvgIpc) is 3.25. The minimum Gasteiger partial charge on any atom is -0.471 e. The van der Waals surface area contributed by atoms with Gasteiger partial charge in [-0.3, -0.25) is 4.79 Å². The summed E-state index contributed by atoms with van der Waals surface area (Å²) < 4.78 is 7.27. The summed E-state index contributed by atoms with van der Waals surface area (Å²) in [5, 5.41) is 7.84. The lowest BCUT2D eigenvalue weighted by atomic mass is 10.1. The van der Waals surface area contributed by atoms with Crippen molar-refractivity contribution in [1.82, 2.24) is 9.78 Å². The van der Waals surface area contributed by atoms with Crippen LogP contribution >= 0.6 is 11.6 Å². The Kier molecular flexibility index (Phi) is 5.82. The van der Waals surface area contributed by atoms with Gasteiger partial charge in [0.25, 0.3) is 5.91 Å². The molecule has 1 aromatic heterocycles. The fourth-order valence-electron chi connectivity index (χ4n) is 2.97. The third-order valence-electron chi connectivity index (χ3n) is 4.62. The van der Waals surface area contributed by atoms with E-state index in [0.717, 1.165) is 16.7 Å². The van der Waals surface area contributed by atoms with Gasteiger partial charge in [-0.1, -0.05) is 54.1 Å². The van der Waals surface area contributed by atoms with Crippen LogP contribution in [0.15, 0.2) is 85.1 Å². The van der Waals surface area contributed by atoms with E-state index in [4.69, 9.17) is 16.3 Å². The summed E-state index contributed by atoms with van der Waals surface area (Å²) in [4.78, 5) is 12.5. The fraction of sp³-hybridized carbons (Fsp3) is 0.0833. The average molecular weight is 418 g/mol.